The molecule has 0 saturated heterocycles. The standard InChI is InChI=1S/C19H30/c1-18-10-3-2-4-13(18)5-7-15-16(18)9-11-19-12-14(19)6-8-17(15)19/h13-17H,2-12H2,1H3. The van der Waals surface area contributed by atoms with E-state index in [1.165, 1.54) is 24.7 Å². The van der Waals surface area contributed by atoms with Gasteiger partial charge in [0.2, 0.25) is 0 Å². The van der Waals surface area contributed by atoms with Gasteiger partial charge < -0.3 is 0 Å². The lowest BCUT2D eigenvalue weighted by atomic mass is 9.46. The van der Waals surface area contributed by atoms with Crippen LogP contribution in [-0.2, 0) is 0 Å². The Morgan fingerprint density at radius 2 is 1.63 bits per heavy atom. The topological polar surface area (TPSA) is 0 Å². The van der Waals surface area contributed by atoms with Gasteiger partial charge in [-0.2, -0.15) is 0 Å². The van der Waals surface area contributed by atoms with Gasteiger partial charge in [0.25, 0.3) is 0 Å². The van der Waals surface area contributed by atoms with Crippen molar-refractivity contribution in [2.45, 2.75) is 77.6 Å². The summed E-state index contributed by atoms with van der Waals surface area (Å²) in [7, 11) is 0. The third-order valence-corrected chi connectivity index (χ3v) is 8.94. The van der Waals surface area contributed by atoms with E-state index in [1.807, 2.05) is 0 Å². The van der Waals surface area contributed by atoms with Gasteiger partial charge in [-0.05, 0) is 98.2 Å². The fourth-order valence-corrected chi connectivity index (χ4v) is 7.97. The van der Waals surface area contributed by atoms with Gasteiger partial charge in [-0.1, -0.05) is 19.8 Å². The van der Waals surface area contributed by atoms with Crippen LogP contribution in [0.4, 0.5) is 0 Å². The Balaban J connectivity index is 1.49. The molecule has 7 atom stereocenters. The van der Waals surface area contributed by atoms with Crippen LogP contribution in [0.15, 0.2) is 0 Å². The molecule has 5 aliphatic rings. The average molecular weight is 258 g/mol. The van der Waals surface area contributed by atoms with Gasteiger partial charge in [0.1, 0.15) is 0 Å². The lowest BCUT2D eigenvalue weighted by Gasteiger charge is -2.58. The Morgan fingerprint density at radius 3 is 2.53 bits per heavy atom. The maximum absolute atomic E-state index is 2.71. The number of fused-ring (bicyclic) bond motifs is 4. The highest BCUT2D eigenvalue weighted by Gasteiger charge is 2.68. The van der Waals surface area contributed by atoms with Crippen molar-refractivity contribution in [3.05, 3.63) is 0 Å². The van der Waals surface area contributed by atoms with Crippen molar-refractivity contribution >= 4 is 0 Å². The predicted octanol–water partition coefficient (Wildman–Crippen LogP) is 5.42. The minimum Gasteiger partial charge on any atom is -0.0591 e. The Morgan fingerprint density at radius 1 is 0.737 bits per heavy atom. The molecule has 5 aliphatic carbocycles. The molecule has 1 spiro atoms. The number of hydrogen-bond acceptors (Lipinski definition) is 0. The Labute approximate surface area is 118 Å². The minimum atomic E-state index is 0.760. The third kappa shape index (κ3) is 1.32. The van der Waals surface area contributed by atoms with Crippen molar-refractivity contribution in [1.82, 2.24) is 0 Å². The van der Waals surface area contributed by atoms with Crippen LogP contribution in [-0.4, -0.2) is 0 Å². The molecule has 0 aromatic rings. The first-order valence-corrected chi connectivity index (χ1v) is 9.24. The molecular weight excluding hydrogens is 228 g/mol. The smallest absolute Gasteiger partial charge is 0.0235 e. The molecule has 7 unspecified atom stereocenters. The van der Waals surface area contributed by atoms with E-state index in [0.29, 0.717) is 0 Å². The summed E-state index contributed by atoms with van der Waals surface area (Å²) >= 11 is 0. The van der Waals surface area contributed by atoms with Crippen LogP contribution in [0, 0.1) is 40.4 Å². The van der Waals surface area contributed by atoms with E-state index in [-0.39, 0.29) is 0 Å². The summed E-state index contributed by atoms with van der Waals surface area (Å²) in [6, 6.07) is 0. The van der Waals surface area contributed by atoms with Crippen molar-refractivity contribution in [3.63, 3.8) is 0 Å². The summed E-state index contributed by atoms with van der Waals surface area (Å²) < 4.78 is 0. The van der Waals surface area contributed by atoms with E-state index in [4.69, 9.17) is 0 Å². The third-order valence-electron chi connectivity index (χ3n) is 8.94. The molecule has 5 saturated carbocycles. The zero-order chi connectivity index (χ0) is 12.7. The highest BCUT2D eigenvalue weighted by atomic mass is 14.7. The second-order valence-electron chi connectivity index (χ2n) is 9.15. The van der Waals surface area contributed by atoms with Gasteiger partial charge in [-0.25, -0.2) is 0 Å². The lowest BCUT2D eigenvalue weighted by Crippen LogP contribution is -2.50. The van der Waals surface area contributed by atoms with Gasteiger partial charge in [-0.3, -0.25) is 0 Å². The summed E-state index contributed by atoms with van der Waals surface area (Å²) in [5.74, 6) is 5.75. The highest BCUT2D eigenvalue weighted by Crippen LogP contribution is 2.76. The van der Waals surface area contributed by atoms with Crippen LogP contribution >= 0.6 is 0 Å². The first kappa shape index (κ1) is 11.6. The van der Waals surface area contributed by atoms with Gasteiger partial charge >= 0.3 is 0 Å². The Kier molecular flexibility index (Phi) is 2.21. The maximum atomic E-state index is 2.71. The second kappa shape index (κ2) is 3.60. The van der Waals surface area contributed by atoms with Gasteiger partial charge in [-0.15, -0.1) is 0 Å². The van der Waals surface area contributed by atoms with E-state index in [9.17, 15) is 0 Å². The normalized spacial score (nSPS) is 62.7. The summed E-state index contributed by atoms with van der Waals surface area (Å²) in [5.41, 5.74) is 1.68. The van der Waals surface area contributed by atoms with E-state index < -0.39 is 0 Å². The summed E-state index contributed by atoms with van der Waals surface area (Å²) in [6.45, 7) is 2.71. The van der Waals surface area contributed by atoms with Crippen molar-refractivity contribution in [3.8, 4) is 0 Å². The molecule has 0 heterocycles. The first-order valence-electron chi connectivity index (χ1n) is 9.24. The number of rotatable bonds is 0. The molecule has 0 nitrogen and oxygen atoms in total. The molecule has 0 aliphatic heterocycles. The average Bonchev–Trinajstić information content (AvgIpc) is 2.99. The summed E-state index contributed by atoms with van der Waals surface area (Å²) in [6.07, 6.45) is 17.5. The highest BCUT2D eigenvalue weighted by molar-refractivity contribution is 5.17. The van der Waals surface area contributed by atoms with Crippen LogP contribution < -0.4 is 0 Å². The van der Waals surface area contributed by atoms with Crippen molar-refractivity contribution < 1.29 is 0 Å². The fourth-order valence-electron chi connectivity index (χ4n) is 7.97. The van der Waals surface area contributed by atoms with E-state index >= 15 is 0 Å². The molecule has 5 fully saturated rings. The van der Waals surface area contributed by atoms with Gasteiger partial charge in [0.15, 0.2) is 0 Å². The molecule has 106 valence electrons. The van der Waals surface area contributed by atoms with Crippen LogP contribution in [0.2, 0.25) is 0 Å². The van der Waals surface area contributed by atoms with Gasteiger partial charge in [0.05, 0.1) is 0 Å². The van der Waals surface area contributed by atoms with E-state index in [0.717, 1.165) is 28.6 Å². The second-order valence-corrected chi connectivity index (χ2v) is 9.15. The Hall–Kier alpha value is 0. The molecule has 0 bridgehead atoms. The predicted molar refractivity (Wildman–Crippen MR) is 78.8 cm³/mol. The Bertz CT molecular complexity index is 399. The van der Waals surface area contributed by atoms with Crippen molar-refractivity contribution in [2.75, 3.05) is 0 Å². The maximum Gasteiger partial charge on any atom is -0.0235 e. The lowest BCUT2D eigenvalue weighted by molar-refractivity contribution is -0.0914. The van der Waals surface area contributed by atoms with Crippen molar-refractivity contribution in [2.24, 2.45) is 40.4 Å². The SMILES string of the molecule is CC12CCCCC1CCC1C2CCC23CC2CCC13. The van der Waals surface area contributed by atoms with Gasteiger partial charge in [0, 0.05) is 0 Å². The van der Waals surface area contributed by atoms with Crippen LogP contribution in [0.5, 0.6) is 0 Å². The van der Waals surface area contributed by atoms with Crippen molar-refractivity contribution in [1.29, 1.82) is 0 Å². The molecule has 5 rings (SSSR count). The zero-order valence-corrected chi connectivity index (χ0v) is 12.7. The monoisotopic (exact) mass is 258 g/mol. The molecule has 0 aromatic heterocycles. The molecule has 0 N–H and O–H groups in total. The molecular formula is C19H30. The minimum absolute atomic E-state index is 0.760. The summed E-state index contributed by atoms with van der Waals surface area (Å²) in [5, 5.41) is 0. The van der Waals surface area contributed by atoms with E-state index in [2.05, 4.69) is 6.92 Å². The molecule has 0 aromatic carbocycles. The van der Waals surface area contributed by atoms with Crippen LogP contribution in [0.25, 0.3) is 0 Å². The zero-order valence-electron chi connectivity index (χ0n) is 12.7. The summed E-state index contributed by atoms with van der Waals surface area (Å²) in [4.78, 5) is 0. The molecule has 19 heavy (non-hydrogen) atoms. The quantitative estimate of drug-likeness (QED) is 0.544. The molecule has 0 radical (unpaired) electrons. The molecule has 0 heteroatoms. The first-order chi connectivity index (χ1) is 9.24. The van der Waals surface area contributed by atoms with Crippen LogP contribution in [0.3, 0.4) is 0 Å². The number of hydrogen-bond donors (Lipinski definition) is 0. The van der Waals surface area contributed by atoms with E-state index in [1.54, 1.807) is 57.8 Å². The van der Waals surface area contributed by atoms with Crippen LogP contribution in [0.1, 0.15) is 77.6 Å². The molecule has 0 amide bonds. The largest absolute Gasteiger partial charge is 0.0591 e. The fraction of sp³-hybridized carbons (Fsp3) is 1.00.